The van der Waals surface area contributed by atoms with Gasteiger partial charge in [-0.3, -0.25) is 14.4 Å². The van der Waals surface area contributed by atoms with Crippen LogP contribution in [0.25, 0.3) is 0 Å². The monoisotopic (exact) mass is 338 g/mol. The van der Waals surface area contributed by atoms with Crippen molar-refractivity contribution in [2.45, 2.75) is 44.7 Å². The zero-order valence-electron chi connectivity index (χ0n) is 15.0. The fourth-order valence-electron chi connectivity index (χ4n) is 4.18. The largest absolute Gasteiger partial charge is 0.347 e. The number of amides is 1. The lowest BCUT2D eigenvalue weighted by molar-refractivity contribution is 0.0871. The van der Waals surface area contributed by atoms with Gasteiger partial charge in [0.25, 0.3) is 5.91 Å². The molecule has 1 fully saturated rings. The molecular weight excluding hydrogens is 312 g/mol. The van der Waals surface area contributed by atoms with Gasteiger partial charge in [-0.15, -0.1) is 0 Å². The molecule has 0 radical (unpaired) electrons. The molecule has 1 aromatic heterocycles. The van der Waals surface area contributed by atoms with Gasteiger partial charge in [0.15, 0.2) is 0 Å². The Balaban J connectivity index is 1.38. The van der Waals surface area contributed by atoms with Crippen LogP contribution in [0.4, 0.5) is 0 Å². The Morgan fingerprint density at radius 3 is 2.60 bits per heavy atom. The van der Waals surface area contributed by atoms with Gasteiger partial charge in [-0.05, 0) is 56.3 Å². The molecule has 1 atom stereocenters. The van der Waals surface area contributed by atoms with Gasteiger partial charge < -0.3 is 5.32 Å². The number of rotatable bonds is 3. The summed E-state index contributed by atoms with van der Waals surface area (Å²) in [6.07, 6.45) is 4.46. The summed E-state index contributed by atoms with van der Waals surface area (Å²) < 4.78 is 1.75. The van der Waals surface area contributed by atoms with Gasteiger partial charge in [0.05, 0.1) is 0 Å². The summed E-state index contributed by atoms with van der Waals surface area (Å²) in [5, 5.41) is 7.48. The van der Waals surface area contributed by atoms with Crippen molar-refractivity contribution in [2.75, 3.05) is 13.1 Å². The number of carbonyl (C=O) groups excluding carboxylic acids is 1. The third-order valence-corrected chi connectivity index (χ3v) is 5.68. The molecule has 5 nitrogen and oxygen atoms in total. The Morgan fingerprint density at radius 2 is 1.96 bits per heavy atom. The average molecular weight is 338 g/mol. The van der Waals surface area contributed by atoms with Gasteiger partial charge in [0.1, 0.15) is 5.69 Å². The van der Waals surface area contributed by atoms with Crippen molar-refractivity contribution in [3.63, 3.8) is 0 Å². The number of nitrogens with one attached hydrogen (secondary N) is 1. The van der Waals surface area contributed by atoms with Crippen molar-refractivity contribution in [3.8, 4) is 0 Å². The minimum Gasteiger partial charge on any atom is -0.347 e. The van der Waals surface area contributed by atoms with Crippen molar-refractivity contribution in [1.82, 2.24) is 20.0 Å². The molecule has 1 N–H and O–H groups in total. The predicted octanol–water partition coefficient (Wildman–Crippen LogP) is 2.09. The molecule has 2 aliphatic rings. The zero-order valence-corrected chi connectivity index (χ0v) is 15.0. The van der Waals surface area contributed by atoms with E-state index in [-0.39, 0.29) is 11.9 Å². The van der Waals surface area contributed by atoms with Gasteiger partial charge in [-0.1, -0.05) is 24.3 Å². The summed E-state index contributed by atoms with van der Waals surface area (Å²) in [5.74, 6) is -0.0507. The topological polar surface area (TPSA) is 50.2 Å². The molecule has 0 saturated carbocycles. The van der Waals surface area contributed by atoms with E-state index in [2.05, 4.69) is 39.6 Å². The maximum Gasteiger partial charge on any atom is 0.272 e. The Labute approximate surface area is 149 Å². The van der Waals surface area contributed by atoms with Gasteiger partial charge in [0, 0.05) is 31.4 Å². The lowest BCUT2D eigenvalue weighted by Gasteiger charge is -2.37. The van der Waals surface area contributed by atoms with Gasteiger partial charge >= 0.3 is 0 Å². The number of piperidine rings is 1. The summed E-state index contributed by atoms with van der Waals surface area (Å²) >= 11 is 0. The second-order valence-electron chi connectivity index (χ2n) is 7.43. The van der Waals surface area contributed by atoms with Crippen LogP contribution in [0.5, 0.6) is 0 Å². The van der Waals surface area contributed by atoms with Crippen LogP contribution in [0.2, 0.25) is 0 Å². The number of hydrogen-bond donors (Lipinski definition) is 1. The Kier molecular flexibility index (Phi) is 4.34. The summed E-state index contributed by atoms with van der Waals surface area (Å²) in [4.78, 5) is 15.0. The number of carbonyl (C=O) groups is 1. The zero-order chi connectivity index (χ0) is 17.4. The van der Waals surface area contributed by atoms with E-state index in [9.17, 15) is 4.79 Å². The van der Waals surface area contributed by atoms with Crippen LogP contribution < -0.4 is 5.32 Å². The number of likely N-dealkylation sites (tertiary alicyclic amines) is 1. The summed E-state index contributed by atoms with van der Waals surface area (Å²) in [6, 6.07) is 11.4. The van der Waals surface area contributed by atoms with Crippen LogP contribution in [-0.4, -0.2) is 45.8 Å². The fourth-order valence-corrected chi connectivity index (χ4v) is 4.18. The van der Waals surface area contributed by atoms with Crippen molar-refractivity contribution in [1.29, 1.82) is 0 Å². The number of benzene rings is 1. The maximum absolute atomic E-state index is 12.5. The second kappa shape index (κ2) is 6.64. The van der Waals surface area contributed by atoms with Gasteiger partial charge in [-0.2, -0.15) is 5.10 Å². The average Bonchev–Trinajstić information content (AvgIpc) is 3.19. The molecule has 1 aromatic carbocycles. The van der Waals surface area contributed by atoms with Crippen LogP contribution in [0.15, 0.2) is 30.3 Å². The minimum absolute atomic E-state index is 0.0507. The number of aryl methyl sites for hydroxylation is 2. The number of fused-ring (bicyclic) bond motifs is 1. The third kappa shape index (κ3) is 3.33. The van der Waals surface area contributed by atoms with E-state index in [1.807, 2.05) is 20.0 Å². The van der Waals surface area contributed by atoms with Crippen LogP contribution in [0.1, 0.15) is 40.2 Å². The molecule has 0 spiro atoms. The Hall–Kier alpha value is -2.14. The van der Waals surface area contributed by atoms with Crippen LogP contribution in [-0.2, 0) is 19.9 Å². The third-order valence-electron chi connectivity index (χ3n) is 5.68. The van der Waals surface area contributed by atoms with Crippen molar-refractivity contribution >= 4 is 5.91 Å². The molecule has 4 rings (SSSR count). The lowest BCUT2D eigenvalue weighted by atomic mass is 10.0. The number of hydrogen-bond acceptors (Lipinski definition) is 3. The minimum atomic E-state index is -0.0507. The van der Waals surface area contributed by atoms with Crippen LogP contribution in [0.3, 0.4) is 0 Å². The molecule has 0 bridgehead atoms. The van der Waals surface area contributed by atoms with Gasteiger partial charge in [0.2, 0.25) is 0 Å². The van der Waals surface area contributed by atoms with E-state index >= 15 is 0 Å². The highest BCUT2D eigenvalue weighted by molar-refractivity contribution is 5.92. The molecule has 25 heavy (non-hydrogen) atoms. The van der Waals surface area contributed by atoms with E-state index in [0.717, 1.165) is 44.5 Å². The smallest absolute Gasteiger partial charge is 0.272 e. The first-order chi connectivity index (χ1) is 12.1. The highest BCUT2D eigenvalue weighted by Crippen LogP contribution is 2.27. The van der Waals surface area contributed by atoms with Crippen molar-refractivity contribution in [3.05, 3.63) is 52.8 Å². The molecule has 132 valence electrons. The molecule has 2 aromatic rings. The SMILES string of the molecule is Cc1cc(C(=O)NC2CCCN(C3Cc4ccccc4C3)C2)nn1C. The fraction of sp³-hybridized carbons (Fsp3) is 0.500. The number of aromatic nitrogens is 2. The highest BCUT2D eigenvalue weighted by atomic mass is 16.2. The highest BCUT2D eigenvalue weighted by Gasteiger charge is 2.31. The second-order valence-corrected chi connectivity index (χ2v) is 7.43. The molecule has 1 aliphatic heterocycles. The molecular formula is C20H26N4O. The standard InChI is InChI=1S/C20H26N4O/c1-14-10-19(22-23(14)2)20(25)21-17-8-5-9-24(13-17)18-11-15-6-3-4-7-16(15)12-18/h3-4,6-7,10,17-18H,5,8-9,11-13H2,1-2H3,(H,21,25). The lowest BCUT2D eigenvalue weighted by Crippen LogP contribution is -2.51. The Bertz CT molecular complexity index is 737. The van der Waals surface area contributed by atoms with E-state index < -0.39 is 0 Å². The van der Waals surface area contributed by atoms with E-state index in [1.165, 1.54) is 11.1 Å². The predicted molar refractivity (Wildman–Crippen MR) is 97.6 cm³/mol. The van der Waals surface area contributed by atoms with E-state index in [0.29, 0.717) is 11.7 Å². The molecule has 1 unspecified atom stereocenters. The van der Waals surface area contributed by atoms with E-state index in [4.69, 9.17) is 0 Å². The quantitative estimate of drug-likeness (QED) is 0.932. The summed E-state index contributed by atoms with van der Waals surface area (Å²) in [6.45, 7) is 4.04. The molecule has 1 saturated heterocycles. The molecule has 1 amide bonds. The van der Waals surface area contributed by atoms with Crippen LogP contribution >= 0.6 is 0 Å². The normalized spacial score (nSPS) is 21.3. The van der Waals surface area contributed by atoms with Gasteiger partial charge in [-0.25, -0.2) is 0 Å². The van der Waals surface area contributed by atoms with Crippen molar-refractivity contribution < 1.29 is 4.79 Å². The van der Waals surface area contributed by atoms with Crippen LogP contribution in [0, 0.1) is 6.92 Å². The molecule has 5 heteroatoms. The maximum atomic E-state index is 12.5. The number of nitrogens with zero attached hydrogens (tertiary/aromatic N) is 3. The summed E-state index contributed by atoms with van der Waals surface area (Å²) in [7, 11) is 1.87. The molecule has 1 aliphatic carbocycles. The van der Waals surface area contributed by atoms with Crippen molar-refractivity contribution in [2.24, 2.45) is 7.05 Å². The summed E-state index contributed by atoms with van der Waals surface area (Å²) in [5.41, 5.74) is 4.50. The first-order valence-electron chi connectivity index (χ1n) is 9.22. The van der Waals surface area contributed by atoms with E-state index in [1.54, 1.807) is 4.68 Å². The first-order valence-corrected chi connectivity index (χ1v) is 9.22. The molecule has 2 heterocycles. The first kappa shape index (κ1) is 16.3. The Morgan fingerprint density at radius 1 is 1.24 bits per heavy atom.